The zero-order valence-electron chi connectivity index (χ0n) is 33.9. The van der Waals surface area contributed by atoms with Crippen LogP contribution in [0.1, 0.15) is 47.2 Å². The summed E-state index contributed by atoms with van der Waals surface area (Å²) in [6.07, 6.45) is 6.29. The number of nitrogens with zero attached hydrogens (tertiary/aromatic N) is 1. The summed E-state index contributed by atoms with van der Waals surface area (Å²) in [7, 11) is 0. The highest BCUT2D eigenvalue weighted by Gasteiger charge is 2.56. The Morgan fingerprint density at radius 3 is 2.00 bits per heavy atom. The van der Waals surface area contributed by atoms with Crippen molar-refractivity contribution in [3.8, 4) is 22.3 Å². The van der Waals surface area contributed by atoms with E-state index in [0.29, 0.717) is 0 Å². The van der Waals surface area contributed by atoms with Gasteiger partial charge in [-0.15, -0.1) is 11.3 Å². The maximum atomic E-state index is 6.93. The van der Waals surface area contributed by atoms with E-state index in [1.807, 2.05) is 17.4 Å². The second-order valence-electron chi connectivity index (χ2n) is 17.2. The zero-order valence-corrected chi connectivity index (χ0v) is 34.7. The molecule has 0 amide bonds. The van der Waals surface area contributed by atoms with Crippen molar-refractivity contribution in [1.29, 1.82) is 0 Å². The second-order valence-corrected chi connectivity index (χ2v) is 18.3. The van der Waals surface area contributed by atoms with Gasteiger partial charge in [-0.05, 0) is 92.5 Å². The fraction of sp³-hybridized carbons (Fsp3) is 0.0690. The van der Waals surface area contributed by atoms with Gasteiger partial charge in [-0.25, -0.2) is 0 Å². The first-order valence-electron chi connectivity index (χ1n) is 21.1. The zero-order chi connectivity index (χ0) is 40.6. The molecule has 0 N–H and O–H groups in total. The summed E-state index contributed by atoms with van der Waals surface area (Å²) in [6.45, 7) is 8.93. The SMILES string of the molecule is C=C/C=C\C1=C(N(c2ccc3c(c2)C(C)(C)c2ccccc2-3)c2ccc3sc4ccccc4c3c2)C2(c3ccccc31)c1ccccc1-c1c2ccc2c1oc1ccccc12. The molecule has 1 spiro atoms. The lowest BCUT2D eigenvalue weighted by atomic mass is 9.71. The molecule has 2 aromatic heterocycles. The number of furan rings is 1. The van der Waals surface area contributed by atoms with Gasteiger partial charge < -0.3 is 9.32 Å². The van der Waals surface area contributed by atoms with Gasteiger partial charge in [-0.1, -0.05) is 166 Å². The molecule has 0 bridgehead atoms. The highest BCUT2D eigenvalue weighted by atomic mass is 32.1. The van der Waals surface area contributed by atoms with E-state index in [1.54, 1.807) is 0 Å². The average Bonchev–Trinajstić information content (AvgIpc) is 4.07. The number of anilines is 2. The largest absolute Gasteiger partial charge is 0.455 e. The summed E-state index contributed by atoms with van der Waals surface area (Å²) >= 11 is 1.86. The van der Waals surface area contributed by atoms with Crippen molar-refractivity contribution >= 4 is 70.4 Å². The van der Waals surface area contributed by atoms with Crippen molar-refractivity contribution in [3.63, 3.8) is 0 Å². The van der Waals surface area contributed by atoms with E-state index >= 15 is 0 Å². The molecule has 0 radical (unpaired) electrons. The van der Waals surface area contributed by atoms with Crippen molar-refractivity contribution in [1.82, 2.24) is 0 Å². The van der Waals surface area contributed by atoms with E-state index in [0.717, 1.165) is 38.9 Å². The predicted molar refractivity (Wildman–Crippen MR) is 257 cm³/mol. The highest BCUT2D eigenvalue weighted by Crippen LogP contribution is 2.65. The third kappa shape index (κ3) is 4.46. The van der Waals surface area contributed by atoms with Crippen LogP contribution in [0.3, 0.4) is 0 Å². The summed E-state index contributed by atoms with van der Waals surface area (Å²) in [6, 6.07) is 63.3. The lowest BCUT2D eigenvalue weighted by Gasteiger charge is -2.40. The molecule has 0 aliphatic heterocycles. The number of fused-ring (bicyclic) bond motifs is 17. The van der Waals surface area contributed by atoms with Gasteiger partial charge in [-0.3, -0.25) is 0 Å². The summed E-state index contributed by atoms with van der Waals surface area (Å²) in [5, 5.41) is 4.82. The van der Waals surface area contributed by atoms with Crippen molar-refractivity contribution in [2.75, 3.05) is 4.90 Å². The summed E-state index contributed by atoms with van der Waals surface area (Å²) < 4.78 is 9.51. The molecule has 10 aromatic rings. The maximum absolute atomic E-state index is 6.93. The fourth-order valence-corrected chi connectivity index (χ4v) is 12.4. The third-order valence-electron chi connectivity index (χ3n) is 13.8. The second kappa shape index (κ2) is 12.4. The smallest absolute Gasteiger partial charge is 0.143 e. The monoisotopic (exact) mass is 797 g/mol. The Morgan fingerprint density at radius 1 is 0.525 bits per heavy atom. The number of allylic oxidation sites excluding steroid dienone is 5. The van der Waals surface area contributed by atoms with Gasteiger partial charge in [0.25, 0.3) is 0 Å². The minimum absolute atomic E-state index is 0.184. The first kappa shape index (κ1) is 34.6. The van der Waals surface area contributed by atoms with Crippen LogP contribution in [-0.4, -0.2) is 0 Å². The Hall–Kier alpha value is -7.20. The first-order chi connectivity index (χ1) is 30.0. The summed E-state index contributed by atoms with van der Waals surface area (Å²) in [5.41, 5.74) is 18.2. The molecule has 3 heteroatoms. The predicted octanol–water partition coefficient (Wildman–Crippen LogP) is 15.9. The van der Waals surface area contributed by atoms with Gasteiger partial charge in [0, 0.05) is 58.9 Å². The Balaban J connectivity index is 1.19. The Morgan fingerprint density at radius 2 is 1.16 bits per heavy atom. The van der Waals surface area contributed by atoms with E-state index in [9.17, 15) is 0 Å². The Labute approximate surface area is 358 Å². The van der Waals surface area contributed by atoms with Gasteiger partial charge in [0.2, 0.25) is 0 Å². The van der Waals surface area contributed by atoms with E-state index in [2.05, 4.69) is 207 Å². The number of hydrogen-bond acceptors (Lipinski definition) is 3. The van der Waals surface area contributed by atoms with Crippen LogP contribution in [0.5, 0.6) is 0 Å². The minimum atomic E-state index is -0.709. The van der Waals surface area contributed by atoms with E-state index in [1.165, 1.54) is 81.5 Å². The Kier molecular flexibility index (Phi) is 7.05. The van der Waals surface area contributed by atoms with Crippen LogP contribution in [0.4, 0.5) is 11.4 Å². The number of para-hydroxylation sites is 1. The molecule has 288 valence electrons. The van der Waals surface area contributed by atoms with Crippen LogP contribution < -0.4 is 4.90 Å². The molecule has 8 aromatic carbocycles. The molecule has 0 saturated heterocycles. The topological polar surface area (TPSA) is 16.4 Å². The van der Waals surface area contributed by atoms with E-state index in [4.69, 9.17) is 4.42 Å². The number of thiophene rings is 1. The maximum Gasteiger partial charge on any atom is 0.143 e. The normalized spacial score (nSPS) is 16.8. The fourth-order valence-electron chi connectivity index (χ4n) is 11.3. The summed E-state index contributed by atoms with van der Waals surface area (Å²) in [4.78, 5) is 2.60. The molecule has 1 atom stereocenters. The molecular weight excluding hydrogens is 759 g/mol. The quantitative estimate of drug-likeness (QED) is 0.161. The van der Waals surface area contributed by atoms with Crippen molar-refractivity contribution in [2.45, 2.75) is 24.7 Å². The minimum Gasteiger partial charge on any atom is -0.455 e. The van der Waals surface area contributed by atoms with Crippen LogP contribution >= 0.6 is 11.3 Å². The van der Waals surface area contributed by atoms with Gasteiger partial charge in [0.05, 0.1) is 11.1 Å². The van der Waals surface area contributed by atoms with Crippen LogP contribution in [0.2, 0.25) is 0 Å². The molecular formula is C58H39NOS. The average molecular weight is 798 g/mol. The molecule has 2 heterocycles. The molecule has 1 unspecified atom stereocenters. The lowest BCUT2D eigenvalue weighted by Crippen LogP contribution is -2.36. The van der Waals surface area contributed by atoms with E-state index in [-0.39, 0.29) is 5.41 Å². The molecule has 0 fully saturated rings. The van der Waals surface area contributed by atoms with Crippen LogP contribution in [0.15, 0.2) is 205 Å². The number of benzene rings is 8. The molecule has 13 rings (SSSR count). The van der Waals surface area contributed by atoms with Gasteiger partial charge in [0.1, 0.15) is 11.2 Å². The van der Waals surface area contributed by atoms with Crippen LogP contribution in [-0.2, 0) is 10.8 Å². The van der Waals surface area contributed by atoms with Crippen molar-refractivity contribution in [2.24, 2.45) is 0 Å². The van der Waals surface area contributed by atoms with E-state index < -0.39 is 5.41 Å². The molecule has 3 aliphatic carbocycles. The lowest BCUT2D eigenvalue weighted by molar-refractivity contribution is 0.660. The van der Waals surface area contributed by atoms with Gasteiger partial charge in [0.15, 0.2) is 0 Å². The third-order valence-corrected chi connectivity index (χ3v) is 15.0. The van der Waals surface area contributed by atoms with Gasteiger partial charge >= 0.3 is 0 Å². The number of rotatable bonds is 5. The van der Waals surface area contributed by atoms with Gasteiger partial charge in [-0.2, -0.15) is 0 Å². The van der Waals surface area contributed by atoms with Crippen LogP contribution in [0, 0.1) is 0 Å². The molecule has 61 heavy (non-hydrogen) atoms. The number of hydrogen-bond donors (Lipinski definition) is 0. The molecule has 2 nitrogen and oxygen atoms in total. The van der Waals surface area contributed by atoms with Crippen molar-refractivity contribution < 1.29 is 4.42 Å². The summed E-state index contributed by atoms with van der Waals surface area (Å²) in [5.74, 6) is 0. The first-order valence-corrected chi connectivity index (χ1v) is 21.9. The molecule has 3 aliphatic rings. The highest BCUT2D eigenvalue weighted by molar-refractivity contribution is 7.25. The standard InChI is InChI=1S/C58H39NOS/c1-4-5-16-43-38-18-7-12-23-47(38)58(48-24-13-8-21-44(48)54-49(58)31-30-42-40-19-9-14-25-51(40)60-55(42)54)56(43)59(35-28-32-53-45(33-35)41-20-10-15-26-52(41)61-53)36-27-29-39-37-17-6-11-22-46(37)57(2,3)50(39)34-36/h4-34H,1H2,2-3H3/b16-5-. The molecule has 0 saturated carbocycles. The van der Waals surface area contributed by atoms with Crippen molar-refractivity contribution in [3.05, 3.63) is 234 Å². The van der Waals surface area contributed by atoms with Crippen LogP contribution in [0.25, 0.3) is 69.9 Å². The Bertz CT molecular complexity index is 3610.